The van der Waals surface area contributed by atoms with Crippen LogP contribution in [0.1, 0.15) is 15.9 Å². The summed E-state index contributed by atoms with van der Waals surface area (Å²) in [5, 5.41) is 3.60. The van der Waals surface area contributed by atoms with Crippen LogP contribution in [0, 0.1) is 0 Å². The summed E-state index contributed by atoms with van der Waals surface area (Å²) in [6.07, 6.45) is 0. The van der Waals surface area contributed by atoms with Crippen molar-refractivity contribution in [3.05, 3.63) is 100 Å². The van der Waals surface area contributed by atoms with Crippen LogP contribution in [0.2, 0.25) is 0 Å². The number of carbonyl (C=O) groups excluding carboxylic acids is 2. The Morgan fingerprint density at radius 3 is 2.39 bits per heavy atom. The molecular formula is C25H21N3O4S. The molecular weight excluding hydrogens is 438 g/mol. The fraction of sp³-hybridized carbons (Fsp3) is 0.120. The fourth-order valence-corrected chi connectivity index (χ4v) is 4.13. The lowest BCUT2D eigenvalue weighted by Gasteiger charge is -2.13. The van der Waals surface area contributed by atoms with Crippen molar-refractivity contribution in [1.82, 2.24) is 14.9 Å². The monoisotopic (exact) mass is 459 g/mol. The number of esters is 1. The quantitative estimate of drug-likeness (QED) is 0.258. The van der Waals surface area contributed by atoms with Crippen molar-refractivity contribution in [2.24, 2.45) is 0 Å². The maximum absolute atomic E-state index is 13.3. The number of hydrogen-bond acceptors (Lipinski definition) is 6. The molecule has 8 heteroatoms. The number of nitrogens with one attached hydrogen (secondary N) is 1. The van der Waals surface area contributed by atoms with E-state index in [9.17, 15) is 14.4 Å². The number of carbonyl (C=O) groups is 2. The molecule has 0 unspecified atom stereocenters. The Labute approximate surface area is 194 Å². The smallest absolute Gasteiger partial charge is 0.337 e. The summed E-state index contributed by atoms with van der Waals surface area (Å²) in [6, 6.07) is 23.4. The Balaban J connectivity index is 1.66. The average Bonchev–Trinajstić information content (AvgIpc) is 2.86. The molecule has 33 heavy (non-hydrogen) atoms. The van der Waals surface area contributed by atoms with Crippen molar-refractivity contribution in [3.63, 3.8) is 0 Å². The highest BCUT2D eigenvalue weighted by molar-refractivity contribution is 7.99. The first kappa shape index (κ1) is 22.3. The Hall–Kier alpha value is -3.91. The van der Waals surface area contributed by atoms with Gasteiger partial charge in [0.05, 0.1) is 35.0 Å². The van der Waals surface area contributed by atoms with E-state index in [2.05, 4.69) is 10.3 Å². The summed E-state index contributed by atoms with van der Waals surface area (Å²) in [5.41, 5.74) is 2.01. The molecule has 7 nitrogen and oxygen atoms in total. The number of amides is 1. The predicted molar refractivity (Wildman–Crippen MR) is 128 cm³/mol. The molecule has 0 aliphatic rings. The van der Waals surface area contributed by atoms with Crippen LogP contribution in [-0.4, -0.2) is 34.3 Å². The SMILES string of the molecule is COC(=O)c1ccc2c(=O)n(-c3ccccc3)c(SCC(=O)NCc3ccccc3)nc2c1. The van der Waals surface area contributed by atoms with Crippen LogP contribution in [0.4, 0.5) is 0 Å². The third kappa shape index (κ3) is 5.12. The van der Waals surface area contributed by atoms with Gasteiger partial charge in [-0.2, -0.15) is 0 Å². The summed E-state index contributed by atoms with van der Waals surface area (Å²) >= 11 is 1.16. The number of rotatable bonds is 7. The minimum Gasteiger partial charge on any atom is -0.465 e. The minimum absolute atomic E-state index is 0.0777. The Morgan fingerprint density at radius 1 is 1.00 bits per heavy atom. The first-order chi connectivity index (χ1) is 16.1. The zero-order chi connectivity index (χ0) is 23.2. The number of ether oxygens (including phenoxy) is 1. The van der Waals surface area contributed by atoms with Gasteiger partial charge in [0.2, 0.25) is 5.91 Å². The lowest BCUT2D eigenvalue weighted by Crippen LogP contribution is -2.26. The van der Waals surface area contributed by atoms with Gasteiger partial charge >= 0.3 is 5.97 Å². The number of para-hydroxylation sites is 1. The van der Waals surface area contributed by atoms with Crippen LogP contribution in [0.5, 0.6) is 0 Å². The number of methoxy groups -OCH3 is 1. The molecule has 166 valence electrons. The minimum atomic E-state index is -0.513. The molecule has 1 heterocycles. The van der Waals surface area contributed by atoms with Crippen molar-refractivity contribution in [2.75, 3.05) is 12.9 Å². The zero-order valence-corrected chi connectivity index (χ0v) is 18.7. The number of benzene rings is 3. The maximum Gasteiger partial charge on any atom is 0.337 e. The highest BCUT2D eigenvalue weighted by Crippen LogP contribution is 2.22. The highest BCUT2D eigenvalue weighted by Gasteiger charge is 2.16. The molecule has 0 saturated heterocycles. The number of hydrogen-bond donors (Lipinski definition) is 1. The molecule has 0 atom stereocenters. The van der Waals surface area contributed by atoms with E-state index in [0.29, 0.717) is 33.9 Å². The van der Waals surface area contributed by atoms with Crippen LogP contribution in [-0.2, 0) is 16.1 Å². The lowest BCUT2D eigenvalue weighted by molar-refractivity contribution is -0.118. The molecule has 0 radical (unpaired) electrons. The Bertz CT molecular complexity index is 1350. The predicted octanol–water partition coefficient (Wildman–Crippen LogP) is 3.58. The summed E-state index contributed by atoms with van der Waals surface area (Å²) in [7, 11) is 1.29. The van der Waals surface area contributed by atoms with E-state index >= 15 is 0 Å². The van der Waals surface area contributed by atoms with Gasteiger partial charge in [-0.1, -0.05) is 60.3 Å². The van der Waals surface area contributed by atoms with Gasteiger partial charge in [-0.3, -0.25) is 14.2 Å². The van der Waals surface area contributed by atoms with E-state index in [-0.39, 0.29) is 17.2 Å². The van der Waals surface area contributed by atoms with Gasteiger partial charge in [0.15, 0.2) is 5.16 Å². The van der Waals surface area contributed by atoms with Crippen molar-refractivity contribution in [1.29, 1.82) is 0 Å². The Kier molecular flexibility index (Phi) is 6.85. The molecule has 0 spiro atoms. The topological polar surface area (TPSA) is 90.3 Å². The zero-order valence-electron chi connectivity index (χ0n) is 17.9. The normalized spacial score (nSPS) is 10.7. The Morgan fingerprint density at radius 2 is 1.70 bits per heavy atom. The first-order valence-electron chi connectivity index (χ1n) is 10.2. The van der Waals surface area contributed by atoms with E-state index in [0.717, 1.165) is 17.3 Å². The van der Waals surface area contributed by atoms with Gasteiger partial charge in [0.25, 0.3) is 5.56 Å². The standard InChI is InChI=1S/C25H21N3O4S/c1-32-24(31)18-12-13-20-21(14-18)27-25(28(23(20)30)19-10-6-3-7-11-19)33-16-22(29)26-15-17-8-4-2-5-9-17/h2-14H,15-16H2,1H3,(H,26,29). The van der Waals surface area contributed by atoms with E-state index in [1.807, 2.05) is 48.5 Å². The molecule has 1 N–H and O–H groups in total. The molecule has 1 amide bonds. The van der Waals surface area contributed by atoms with Gasteiger partial charge in [-0.15, -0.1) is 0 Å². The summed E-state index contributed by atoms with van der Waals surface area (Å²) in [4.78, 5) is 42.4. The van der Waals surface area contributed by atoms with E-state index in [1.54, 1.807) is 18.2 Å². The second-order valence-corrected chi connectivity index (χ2v) is 8.09. The first-order valence-corrected chi connectivity index (χ1v) is 11.2. The van der Waals surface area contributed by atoms with Crippen molar-refractivity contribution in [2.45, 2.75) is 11.7 Å². The third-order valence-corrected chi connectivity index (χ3v) is 5.88. The van der Waals surface area contributed by atoms with Crippen LogP contribution in [0.15, 0.2) is 88.8 Å². The van der Waals surface area contributed by atoms with E-state index in [1.165, 1.54) is 23.8 Å². The van der Waals surface area contributed by atoms with Gasteiger partial charge in [-0.25, -0.2) is 9.78 Å². The molecule has 0 bridgehead atoms. The summed E-state index contributed by atoms with van der Waals surface area (Å²) in [5.74, 6) is -0.615. The molecule has 4 rings (SSSR count). The molecule has 1 aromatic heterocycles. The third-order valence-electron chi connectivity index (χ3n) is 4.94. The largest absolute Gasteiger partial charge is 0.465 e. The van der Waals surface area contributed by atoms with E-state index < -0.39 is 5.97 Å². The second kappa shape index (κ2) is 10.1. The van der Waals surface area contributed by atoms with Crippen molar-refractivity contribution >= 4 is 34.5 Å². The lowest BCUT2D eigenvalue weighted by atomic mass is 10.1. The molecule has 0 aliphatic heterocycles. The average molecular weight is 460 g/mol. The van der Waals surface area contributed by atoms with Crippen LogP contribution >= 0.6 is 11.8 Å². The highest BCUT2D eigenvalue weighted by atomic mass is 32.2. The van der Waals surface area contributed by atoms with Gasteiger partial charge in [0, 0.05) is 6.54 Å². The van der Waals surface area contributed by atoms with Crippen molar-refractivity contribution < 1.29 is 14.3 Å². The van der Waals surface area contributed by atoms with Gasteiger partial charge < -0.3 is 10.1 Å². The molecule has 0 saturated carbocycles. The number of aromatic nitrogens is 2. The second-order valence-electron chi connectivity index (χ2n) is 7.15. The van der Waals surface area contributed by atoms with Crippen LogP contribution in [0.3, 0.4) is 0 Å². The van der Waals surface area contributed by atoms with E-state index in [4.69, 9.17) is 4.74 Å². The summed E-state index contributed by atoms with van der Waals surface area (Å²) in [6.45, 7) is 0.416. The number of thioether (sulfide) groups is 1. The van der Waals surface area contributed by atoms with Crippen LogP contribution < -0.4 is 10.9 Å². The number of nitrogens with zero attached hydrogens (tertiary/aromatic N) is 2. The molecule has 3 aromatic carbocycles. The molecule has 0 aliphatic carbocycles. The number of fused-ring (bicyclic) bond motifs is 1. The maximum atomic E-state index is 13.3. The van der Waals surface area contributed by atoms with Gasteiger partial charge in [-0.05, 0) is 35.9 Å². The molecule has 4 aromatic rings. The van der Waals surface area contributed by atoms with Crippen molar-refractivity contribution in [3.8, 4) is 5.69 Å². The van der Waals surface area contributed by atoms with Crippen LogP contribution in [0.25, 0.3) is 16.6 Å². The van der Waals surface area contributed by atoms with Gasteiger partial charge in [0.1, 0.15) is 0 Å². The summed E-state index contributed by atoms with van der Waals surface area (Å²) < 4.78 is 6.25. The fourth-order valence-electron chi connectivity index (χ4n) is 3.29. The molecule has 0 fully saturated rings.